The van der Waals surface area contributed by atoms with Gasteiger partial charge in [-0.25, -0.2) is 0 Å². The van der Waals surface area contributed by atoms with Crippen molar-refractivity contribution in [1.82, 2.24) is 0 Å². The van der Waals surface area contributed by atoms with Crippen LogP contribution in [0.15, 0.2) is 24.3 Å². The van der Waals surface area contributed by atoms with Crippen molar-refractivity contribution in [2.75, 3.05) is 12.4 Å². The van der Waals surface area contributed by atoms with E-state index in [0.29, 0.717) is 25.1 Å². The number of benzene rings is 1. The number of nitrogens with one attached hydrogen (secondary N) is 1. The number of hydrogen-bond donors (Lipinski definition) is 2. The molecule has 0 spiro atoms. The number of aliphatic carboxylic acids is 1. The molecule has 2 rings (SSSR count). The first-order valence-corrected chi connectivity index (χ1v) is 6.21. The fourth-order valence-corrected chi connectivity index (χ4v) is 2.22. The predicted octanol–water partition coefficient (Wildman–Crippen LogP) is 2.03. The summed E-state index contributed by atoms with van der Waals surface area (Å²) in [7, 11) is 1.60. The third-order valence-corrected chi connectivity index (χ3v) is 3.55. The van der Waals surface area contributed by atoms with Crippen LogP contribution in [0.4, 0.5) is 5.69 Å². The minimum atomic E-state index is -1.24. The molecule has 0 bridgehead atoms. The molecule has 1 aromatic carbocycles. The summed E-state index contributed by atoms with van der Waals surface area (Å²) in [5.74, 6) is -1.47. The quantitative estimate of drug-likeness (QED) is 0.797. The molecule has 2 N–H and O–H groups in total. The highest BCUT2D eigenvalue weighted by molar-refractivity contribution is 6.09. The molecule has 1 amide bonds. The van der Waals surface area contributed by atoms with Crippen molar-refractivity contribution in [2.45, 2.75) is 25.9 Å². The largest absolute Gasteiger partial charge is 0.480 e. The molecule has 102 valence electrons. The van der Waals surface area contributed by atoms with Gasteiger partial charge in [0.2, 0.25) is 5.91 Å². The normalized spacial score (nSPS) is 16.5. The first kappa shape index (κ1) is 13.5. The van der Waals surface area contributed by atoms with E-state index in [0.717, 1.165) is 12.0 Å². The highest BCUT2D eigenvalue weighted by atomic mass is 16.5. The molecule has 0 unspecified atom stereocenters. The Bertz CT molecular complexity index is 494. The Kier molecular flexibility index (Phi) is 3.85. The Morgan fingerprint density at radius 1 is 1.42 bits per heavy atom. The minimum Gasteiger partial charge on any atom is -0.480 e. The maximum Gasteiger partial charge on any atom is 0.319 e. The highest BCUT2D eigenvalue weighted by Gasteiger charge is 2.51. The van der Waals surface area contributed by atoms with Crippen LogP contribution in [0.25, 0.3) is 0 Å². The van der Waals surface area contributed by atoms with Crippen molar-refractivity contribution in [1.29, 1.82) is 0 Å². The number of anilines is 1. The van der Waals surface area contributed by atoms with E-state index in [1.54, 1.807) is 25.3 Å². The molecule has 1 aliphatic rings. The lowest BCUT2D eigenvalue weighted by Crippen LogP contribution is -2.48. The van der Waals surface area contributed by atoms with E-state index >= 15 is 0 Å². The van der Waals surface area contributed by atoms with E-state index in [1.807, 2.05) is 6.07 Å². The summed E-state index contributed by atoms with van der Waals surface area (Å²) < 4.78 is 5.02. The van der Waals surface area contributed by atoms with Gasteiger partial charge in [-0.05, 0) is 30.5 Å². The topological polar surface area (TPSA) is 75.6 Å². The maximum atomic E-state index is 12.1. The van der Waals surface area contributed by atoms with Crippen molar-refractivity contribution in [2.24, 2.45) is 5.41 Å². The summed E-state index contributed by atoms with van der Waals surface area (Å²) >= 11 is 0. The van der Waals surface area contributed by atoms with E-state index in [9.17, 15) is 14.7 Å². The van der Waals surface area contributed by atoms with E-state index in [4.69, 9.17) is 4.74 Å². The summed E-state index contributed by atoms with van der Waals surface area (Å²) in [6, 6.07) is 7.22. The van der Waals surface area contributed by atoms with Crippen LogP contribution in [0.5, 0.6) is 0 Å². The van der Waals surface area contributed by atoms with E-state index in [1.165, 1.54) is 0 Å². The van der Waals surface area contributed by atoms with Crippen LogP contribution in [0, 0.1) is 5.41 Å². The lowest BCUT2D eigenvalue weighted by molar-refractivity contribution is -0.159. The minimum absolute atomic E-state index is 0.409. The Morgan fingerprint density at radius 2 is 2.16 bits per heavy atom. The molecule has 0 aromatic heterocycles. The molecule has 0 radical (unpaired) electrons. The Labute approximate surface area is 111 Å². The van der Waals surface area contributed by atoms with Gasteiger partial charge in [0, 0.05) is 12.8 Å². The number of ether oxygens (including phenoxy) is 1. The Morgan fingerprint density at radius 3 is 2.68 bits per heavy atom. The van der Waals surface area contributed by atoms with Crippen LogP contribution in [0.2, 0.25) is 0 Å². The molecule has 0 heterocycles. The first-order chi connectivity index (χ1) is 9.08. The number of rotatable bonds is 5. The summed E-state index contributed by atoms with van der Waals surface area (Å²) in [5, 5.41) is 11.9. The van der Waals surface area contributed by atoms with Gasteiger partial charge in [-0.15, -0.1) is 0 Å². The number of methoxy groups -OCH3 is 1. The molecule has 5 nitrogen and oxygen atoms in total. The van der Waals surface area contributed by atoms with Crippen LogP contribution >= 0.6 is 0 Å². The van der Waals surface area contributed by atoms with Crippen LogP contribution in [-0.4, -0.2) is 24.1 Å². The average Bonchev–Trinajstić information content (AvgIpc) is 2.27. The summed E-state index contributed by atoms with van der Waals surface area (Å²) in [6.45, 7) is 0.452. The third-order valence-electron chi connectivity index (χ3n) is 3.55. The molecule has 0 saturated heterocycles. The molecule has 1 aromatic rings. The molecule has 19 heavy (non-hydrogen) atoms. The standard InChI is InChI=1S/C14H17NO4/c1-19-9-10-4-2-5-11(8-10)15-12(16)14(13(17)18)6-3-7-14/h2,4-5,8H,3,6-7,9H2,1H3,(H,15,16)(H,17,18). The van der Waals surface area contributed by atoms with Crippen molar-refractivity contribution < 1.29 is 19.4 Å². The SMILES string of the molecule is COCc1cccc(NC(=O)C2(C(=O)O)CCC2)c1. The zero-order chi connectivity index (χ0) is 13.9. The monoisotopic (exact) mass is 263 g/mol. The van der Waals surface area contributed by atoms with Gasteiger partial charge >= 0.3 is 5.97 Å². The van der Waals surface area contributed by atoms with Gasteiger partial charge in [-0.1, -0.05) is 18.6 Å². The van der Waals surface area contributed by atoms with Crippen LogP contribution < -0.4 is 5.32 Å². The molecule has 1 saturated carbocycles. The van der Waals surface area contributed by atoms with Gasteiger partial charge in [-0.2, -0.15) is 0 Å². The number of carboxylic acids is 1. The van der Waals surface area contributed by atoms with Gasteiger partial charge in [0.15, 0.2) is 0 Å². The summed E-state index contributed by atoms with van der Waals surface area (Å²) in [6.07, 6.45) is 1.60. The second kappa shape index (κ2) is 5.40. The van der Waals surface area contributed by atoms with E-state index in [2.05, 4.69) is 5.32 Å². The van der Waals surface area contributed by atoms with Gasteiger partial charge in [0.1, 0.15) is 5.41 Å². The molecular weight excluding hydrogens is 246 g/mol. The number of carbonyl (C=O) groups excluding carboxylic acids is 1. The van der Waals surface area contributed by atoms with Gasteiger partial charge < -0.3 is 15.2 Å². The molecule has 0 atom stereocenters. The molecule has 0 aliphatic heterocycles. The Hall–Kier alpha value is -1.88. The van der Waals surface area contributed by atoms with Crippen LogP contribution in [-0.2, 0) is 20.9 Å². The third kappa shape index (κ3) is 2.61. The van der Waals surface area contributed by atoms with Crippen molar-refractivity contribution in [3.8, 4) is 0 Å². The highest BCUT2D eigenvalue weighted by Crippen LogP contribution is 2.42. The summed E-state index contributed by atoms with van der Waals surface area (Å²) in [5.41, 5.74) is 0.294. The molecule has 1 fully saturated rings. The maximum absolute atomic E-state index is 12.1. The van der Waals surface area contributed by atoms with Crippen molar-refractivity contribution in [3.05, 3.63) is 29.8 Å². The molecule has 1 aliphatic carbocycles. The zero-order valence-electron chi connectivity index (χ0n) is 10.8. The smallest absolute Gasteiger partial charge is 0.319 e. The van der Waals surface area contributed by atoms with Crippen molar-refractivity contribution in [3.63, 3.8) is 0 Å². The summed E-state index contributed by atoms with van der Waals surface area (Å²) in [4.78, 5) is 23.3. The zero-order valence-corrected chi connectivity index (χ0v) is 10.8. The second-order valence-corrected chi connectivity index (χ2v) is 4.83. The number of carboxylic acid groups (broad SMARTS) is 1. The number of amides is 1. The molecular formula is C14H17NO4. The van der Waals surface area contributed by atoms with Crippen LogP contribution in [0.3, 0.4) is 0 Å². The second-order valence-electron chi connectivity index (χ2n) is 4.83. The molecule has 5 heteroatoms. The number of hydrogen-bond acceptors (Lipinski definition) is 3. The van der Waals surface area contributed by atoms with Crippen LogP contribution in [0.1, 0.15) is 24.8 Å². The Balaban J connectivity index is 2.10. The lowest BCUT2D eigenvalue weighted by Gasteiger charge is -2.35. The van der Waals surface area contributed by atoms with E-state index < -0.39 is 17.3 Å². The van der Waals surface area contributed by atoms with Gasteiger partial charge in [0.05, 0.1) is 6.61 Å². The fraction of sp³-hybridized carbons (Fsp3) is 0.429. The average molecular weight is 263 g/mol. The van der Waals surface area contributed by atoms with Gasteiger partial charge in [0.25, 0.3) is 0 Å². The first-order valence-electron chi connectivity index (χ1n) is 6.21. The van der Waals surface area contributed by atoms with Gasteiger partial charge in [-0.3, -0.25) is 9.59 Å². The lowest BCUT2D eigenvalue weighted by atomic mass is 9.68. The van der Waals surface area contributed by atoms with E-state index in [-0.39, 0.29) is 0 Å². The predicted molar refractivity (Wildman–Crippen MR) is 69.7 cm³/mol. The van der Waals surface area contributed by atoms with Crippen molar-refractivity contribution >= 4 is 17.6 Å². The fourth-order valence-electron chi connectivity index (χ4n) is 2.22. The number of carbonyl (C=O) groups is 2.